The molecule has 3 N–H and O–H groups in total. The molecule has 1 amide bonds. The first-order valence-electron chi connectivity index (χ1n) is 6.12. The Bertz CT molecular complexity index is 593. The van der Waals surface area contributed by atoms with Gasteiger partial charge in [-0.15, -0.1) is 0 Å². The Labute approximate surface area is 115 Å². The van der Waals surface area contributed by atoms with Crippen molar-refractivity contribution in [1.29, 1.82) is 0 Å². The highest BCUT2D eigenvalue weighted by Crippen LogP contribution is 2.58. The van der Waals surface area contributed by atoms with Crippen LogP contribution in [0.25, 0.3) is 0 Å². The van der Waals surface area contributed by atoms with E-state index in [0.717, 1.165) is 0 Å². The van der Waals surface area contributed by atoms with Gasteiger partial charge in [-0.2, -0.15) is 0 Å². The summed E-state index contributed by atoms with van der Waals surface area (Å²) in [5.41, 5.74) is -0.461. The Morgan fingerprint density at radius 2 is 1.70 bits per heavy atom. The third-order valence-electron chi connectivity index (χ3n) is 3.79. The Kier molecular flexibility index (Phi) is 3.25. The van der Waals surface area contributed by atoms with Crippen LogP contribution < -0.4 is 5.32 Å². The summed E-state index contributed by atoms with van der Waals surface area (Å²) in [5, 5.41) is 20.6. The summed E-state index contributed by atoms with van der Waals surface area (Å²) in [4.78, 5) is 34.2. The number of hydrogen-bond donors (Lipinski definition) is 3. The summed E-state index contributed by atoms with van der Waals surface area (Å²) < 4.78 is 0. The molecule has 1 aliphatic rings. The molecule has 6 nitrogen and oxygen atoms in total. The van der Waals surface area contributed by atoms with E-state index in [2.05, 4.69) is 5.32 Å². The molecule has 20 heavy (non-hydrogen) atoms. The maximum atomic E-state index is 12.1. The SMILES string of the molecule is CC1(C)C(C(=O)O)C1C(=O)Nc1ccccc1C(=O)O. The smallest absolute Gasteiger partial charge is 0.337 e. The number of nitrogens with one attached hydrogen (secondary N) is 1. The van der Waals surface area contributed by atoms with E-state index in [-0.39, 0.29) is 11.3 Å². The average Bonchev–Trinajstić information content (AvgIpc) is 2.93. The van der Waals surface area contributed by atoms with Crippen LogP contribution in [0.15, 0.2) is 24.3 Å². The summed E-state index contributed by atoms with van der Waals surface area (Å²) in [7, 11) is 0. The van der Waals surface area contributed by atoms with Gasteiger partial charge in [-0.25, -0.2) is 4.79 Å². The van der Waals surface area contributed by atoms with Gasteiger partial charge in [0.2, 0.25) is 5.91 Å². The van der Waals surface area contributed by atoms with Crippen molar-refractivity contribution in [1.82, 2.24) is 0 Å². The van der Waals surface area contributed by atoms with Crippen LogP contribution in [0.1, 0.15) is 24.2 Å². The molecule has 2 rings (SSSR count). The third kappa shape index (κ3) is 2.24. The molecule has 106 valence electrons. The standard InChI is InChI=1S/C14H15NO5/c1-14(2)9(10(14)13(19)20)11(16)15-8-6-4-3-5-7(8)12(17)18/h3-6,9-10H,1-2H3,(H,15,16)(H,17,18)(H,19,20). The minimum atomic E-state index is -1.15. The van der Waals surface area contributed by atoms with Crippen molar-refractivity contribution in [2.45, 2.75) is 13.8 Å². The highest BCUT2D eigenvalue weighted by Gasteiger charge is 2.65. The first-order valence-corrected chi connectivity index (χ1v) is 6.12. The summed E-state index contributed by atoms with van der Waals surface area (Å²) in [6, 6.07) is 6.02. The van der Waals surface area contributed by atoms with Gasteiger partial charge in [-0.3, -0.25) is 9.59 Å². The minimum Gasteiger partial charge on any atom is -0.481 e. The van der Waals surface area contributed by atoms with Crippen molar-refractivity contribution in [3.63, 3.8) is 0 Å². The topological polar surface area (TPSA) is 104 Å². The number of carbonyl (C=O) groups is 3. The number of para-hydroxylation sites is 1. The number of anilines is 1. The number of amides is 1. The highest BCUT2D eigenvalue weighted by molar-refractivity contribution is 6.04. The second kappa shape index (κ2) is 4.63. The van der Waals surface area contributed by atoms with Gasteiger partial charge in [0.25, 0.3) is 0 Å². The lowest BCUT2D eigenvalue weighted by atomic mass is 10.1. The van der Waals surface area contributed by atoms with Crippen LogP contribution in [-0.4, -0.2) is 28.1 Å². The lowest BCUT2D eigenvalue weighted by molar-refractivity contribution is -0.140. The predicted octanol–water partition coefficient (Wildman–Crippen LogP) is 1.68. The van der Waals surface area contributed by atoms with Crippen molar-refractivity contribution in [2.75, 3.05) is 5.32 Å². The Hall–Kier alpha value is -2.37. The lowest BCUT2D eigenvalue weighted by Gasteiger charge is -2.08. The number of carboxylic acids is 2. The molecule has 1 aromatic rings. The average molecular weight is 277 g/mol. The lowest BCUT2D eigenvalue weighted by Crippen LogP contribution is -2.19. The summed E-state index contributed by atoms with van der Waals surface area (Å²) in [6.45, 7) is 3.41. The second-order valence-electron chi connectivity index (χ2n) is 5.45. The molecule has 2 unspecified atom stereocenters. The van der Waals surface area contributed by atoms with Gasteiger partial charge in [0, 0.05) is 0 Å². The Morgan fingerprint density at radius 3 is 2.20 bits per heavy atom. The number of benzene rings is 1. The minimum absolute atomic E-state index is 0.0221. The van der Waals surface area contributed by atoms with Crippen molar-refractivity contribution >= 4 is 23.5 Å². The fourth-order valence-electron chi connectivity index (χ4n) is 2.58. The molecule has 0 aromatic heterocycles. The Balaban J connectivity index is 2.18. The molecular weight excluding hydrogens is 262 g/mol. The van der Waals surface area contributed by atoms with Crippen molar-refractivity contribution in [2.24, 2.45) is 17.3 Å². The predicted molar refractivity (Wildman–Crippen MR) is 70.4 cm³/mol. The first kappa shape index (κ1) is 14.0. The second-order valence-corrected chi connectivity index (χ2v) is 5.45. The monoisotopic (exact) mass is 277 g/mol. The van der Waals surface area contributed by atoms with Gasteiger partial charge in [-0.1, -0.05) is 26.0 Å². The number of carboxylic acid groups (broad SMARTS) is 2. The first-order chi connectivity index (χ1) is 9.26. The molecule has 1 aliphatic carbocycles. The quantitative estimate of drug-likeness (QED) is 0.776. The van der Waals surface area contributed by atoms with E-state index in [9.17, 15) is 14.4 Å². The molecular formula is C14H15NO5. The molecule has 1 saturated carbocycles. The summed E-state index contributed by atoms with van der Waals surface area (Å²) >= 11 is 0. The van der Waals surface area contributed by atoms with Gasteiger partial charge in [-0.05, 0) is 17.5 Å². The van der Waals surface area contributed by atoms with Gasteiger partial charge in [0.15, 0.2) is 0 Å². The van der Waals surface area contributed by atoms with Gasteiger partial charge >= 0.3 is 11.9 Å². The van der Waals surface area contributed by atoms with E-state index in [1.54, 1.807) is 26.0 Å². The number of hydrogen-bond acceptors (Lipinski definition) is 3. The zero-order chi connectivity index (χ0) is 15.1. The van der Waals surface area contributed by atoms with E-state index < -0.39 is 35.1 Å². The number of aliphatic carboxylic acids is 1. The van der Waals surface area contributed by atoms with E-state index in [1.165, 1.54) is 12.1 Å². The summed E-state index contributed by atoms with van der Waals surface area (Å²) in [5.74, 6) is -4.01. The van der Waals surface area contributed by atoms with E-state index in [1.807, 2.05) is 0 Å². The van der Waals surface area contributed by atoms with Gasteiger partial charge in [0.05, 0.1) is 23.1 Å². The fourth-order valence-corrected chi connectivity index (χ4v) is 2.58. The van der Waals surface area contributed by atoms with Crippen LogP contribution in [0.4, 0.5) is 5.69 Å². The molecule has 0 spiro atoms. The van der Waals surface area contributed by atoms with Crippen molar-refractivity contribution in [3.05, 3.63) is 29.8 Å². The molecule has 1 aromatic carbocycles. The van der Waals surface area contributed by atoms with Gasteiger partial charge in [0.1, 0.15) is 0 Å². The largest absolute Gasteiger partial charge is 0.481 e. The van der Waals surface area contributed by atoms with Gasteiger partial charge < -0.3 is 15.5 Å². The fraction of sp³-hybridized carbons (Fsp3) is 0.357. The van der Waals surface area contributed by atoms with Crippen LogP contribution in [0.3, 0.4) is 0 Å². The van der Waals surface area contributed by atoms with Crippen LogP contribution in [0, 0.1) is 17.3 Å². The van der Waals surface area contributed by atoms with Crippen molar-refractivity contribution in [3.8, 4) is 0 Å². The van der Waals surface area contributed by atoms with E-state index >= 15 is 0 Å². The number of carbonyl (C=O) groups excluding carboxylic acids is 1. The van der Waals surface area contributed by atoms with Crippen LogP contribution in [0.5, 0.6) is 0 Å². The van der Waals surface area contributed by atoms with E-state index in [0.29, 0.717) is 0 Å². The molecule has 1 fully saturated rings. The molecule has 0 aliphatic heterocycles. The van der Waals surface area contributed by atoms with E-state index in [4.69, 9.17) is 10.2 Å². The third-order valence-corrected chi connectivity index (χ3v) is 3.79. The molecule has 2 atom stereocenters. The number of rotatable bonds is 4. The molecule has 0 radical (unpaired) electrons. The van der Waals surface area contributed by atoms with Crippen LogP contribution in [0.2, 0.25) is 0 Å². The zero-order valence-electron chi connectivity index (χ0n) is 11.1. The maximum absolute atomic E-state index is 12.1. The van der Waals surface area contributed by atoms with Crippen LogP contribution in [-0.2, 0) is 9.59 Å². The Morgan fingerprint density at radius 1 is 1.10 bits per heavy atom. The maximum Gasteiger partial charge on any atom is 0.337 e. The van der Waals surface area contributed by atoms with Crippen molar-refractivity contribution < 1.29 is 24.6 Å². The summed E-state index contributed by atoms with van der Waals surface area (Å²) in [6.07, 6.45) is 0. The van der Waals surface area contributed by atoms with Crippen LogP contribution >= 0.6 is 0 Å². The molecule has 0 saturated heterocycles. The highest BCUT2D eigenvalue weighted by atomic mass is 16.4. The molecule has 0 bridgehead atoms. The molecule has 6 heteroatoms. The number of aromatic carboxylic acids is 1. The zero-order valence-corrected chi connectivity index (χ0v) is 11.1. The normalized spacial score (nSPS) is 22.9. The molecule has 0 heterocycles.